The highest BCUT2D eigenvalue weighted by atomic mass is 19.1. The number of hydrogen-bond acceptors (Lipinski definition) is 1. The lowest BCUT2D eigenvalue weighted by molar-refractivity contribution is -0.117. The molecule has 0 heterocycles. The summed E-state index contributed by atoms with van der Waals surface area (Å²) in [5, 5.41) is 0. The average molecular weight is 171 g/mol. The Kier molecular flexibility index (Phi) is 2.38. The molecule has 1 amide bonds. The maximum absolute atomic E-state index is 12.8. The van der Waals surface area contributed by atoms with E-state index in [9.17, 15) is 13.6 Å². The van der Waals surface area contributed by atoms with Crippen LogP contribution in [0.25, 0.3) is 0 Å². The number of benzene rings is 1. The predicted molar refractivity (Wildman–Crippen MR) is 39.3 cm³/mol. The lowest BCUT2D eigenvalue weighted by Crippen LogP contribution is -2.14. The van der Waals surface area contributed by atoms with E-state index in [1.807, 2.05) is 0 Å². The molecule has 0 spiro atoms. The maximum atomic E-state index is 12.8. The number of halogens is 2. The van der Waals surface area contributed by atoms with Crippen LogP contribution in [0.4, 0.5) is 8.78 Å². The van der Waals surface area contributed by atoms with Gasteiger partial charge in [0.15, 0.2) is 0 Å². The van der Waals surface area contributed by atoms with Crippen molar-refractivity contribution in [3.8, 4) is 0 Å². The Morgan fingerprint density at radius 2 is 2.08 bits per heavy atom. The molecule has 12 heavy (non-hydrogen) atoms. The molecule has 0 bridgehead atoms. The van der Waals surface area contributed by atoms with Crippen LogP contribution in [0.3, 0.4) is 0 Å². The summed E-state index contributed by atoms with van der Waals surface area (Å²) in [7, 11) is 0. The second-order valence-corrected chi connectivity index (χ2v) is 2.38. The van der Waals surface area contributed by atoms with Crippen molar-refractivity contribution >= 4 is 5.91 Å². The third kappa shape index (κ3) is 2.02. The summed E-state index contributed by atoms with van der Waals surface area (Å²) < 4.78 is 25.1. The molecule has 0 aromatic heterocycles. The van der Waals surface area contributed by atoms with Crippen molar-refractivity contribution in [2.75, 3.05) is 0 Å². The largest absolute Gasteiger partial charge is 0.369 e. The standard InChI is InChI=1S/C8H7F2NO/c9-6-2-1-5(3-8(11)12)7(10)4-6/h1-2,4H,3H2,(H2,11,12). The molecule has 2 nitrogen and oxygen atoms in total. The highest BCUT2D eigenvalue weighted by Gasteiger charge is 2.05. The molecule has 4 heteroatoms. The van der Waals surface area contributed by atoms with Gasteiger partial charge in [-0.05, 0) is 11.6 Å². The minimum atomic E-state index is -0.742. The molecule has 1 aromatic rings. The first-order valence-electron chi connectivity index (χ1n) is 3.32. The Balaban J connectivity index is 2.93. The van der Waals surface area contributed by atoms with Crippen LogP contribution in [-0.2, 0) is 11.2 Å². The van der Waals surface area contributed by atoms with Crippen LogP contribution in [0, 0.1) is 11.6 Å². The molecule has 0 aliphatic carbocycles. The summed E-state index contributed by atoms with van der Waals surface area (Å²) in [6, 6.07) is 3.01. The number of nitrogens with two attached hydrogens (primary N) is 1. The first kappa shape index (κ1) is 8.64. The van der Waals surface area contributed by atoms with Crippen LogP contribution in [-0.4, -0.2) is 5.91 Å². The Hall–Kier alpha value is -1.45. The first-order valence-corrected chi connectivity index (χ1v) is 3.32. The van der Waals surface area contributed by atoms with Crippen LogP contribution in [0.5, 0.6) is 0 Å². The molecule has 1 rings (SSSR count). The Labute approximate surface area is 68.0 Å². The fourth-order valence-electron chi connectivity index (χ4n) is 0.853. The molecule has 0 fully saturated rings. The van der Waals surface area contributed by atoms with Crippen LogP contribution in [0.2, 0.25) is 0 Å². The van der Waals surface area contributed by atoms with E-state index < -0.39 is 17.5 Å². The van der Waals surface area contributed by atoms with Crippen LogP contribution < -0.4 is 5.73 Å². The Morgan fingerprint density at radius 1 is 1.42 bits per heavy atom. The number of amides is 1. The predicted octanol–water partition coefficient (Wildman–Crippen LogP) is 0.993. The normalized spacial score (nSPS) is 9.83. The smallest absolute Gasteiger partial charge is 0.221 e. The molecular formula is C8H7F2NO. The van der Waals surface area contributed by atoms with Gasteiger partial charge in [-0.2, -0.15) is 0 Å². The van der Waals surface area contributed by atoms with Crippen molar-refractivity contribution in [3.05, 3.63) is 35.4 Å². The van der Waals surface area contributed by atoms with Gasteiger partial charge in [0.2, 0.25) is 5.91 Å². The monoisotopic (exact) mass is 171 g/mol. The number of primary amides is 1. The van der Waals surface area contributed by atoms with E-state index in [1.54, 1.807) is 0 Å². The van der Waals surface area contributed by atoms with Crippen LogP contribution in [0.1, 0.15) is 5.56 Å². The van der Waals surface area contributed by atoms with Gasteiger partial charge >= 0.3 is 0 Å². The van der Waals surface area contributed by atoms with Crippen LogP contribution >= 0.6 is 0 Å². The molecule has 0 radical (unpaired) electrons. The van der Waals surface area contributed by atoms with E-state index in [4.69, 9.17) is 5.73 Å². The van der Waals surface area contributed by atoms with Crippen molar-refractivity contribution in [1.29, 1.82) is 0 Å². The molecule has 2 N–H and O–H groups in total. The van der Waals surface area contributed by atoms with Gasteiger partial charge in [0.05, 0.1) is 6.42 Å². The average Bonchev–Trinajstić information content (AvgIpc) is 1.94. The summed E-state index contributed by atoms with van der Waals surface area (Å²) in [6.45, 7) is 0. The van der Waals surface area contributed by atoms with E-state index in [0.29, 0.717) is 0 Å². The van der Waals surface area contributed by atoms with Gasteiger partial charge in [0.25, 0.3) is 0 Å². The number of rotatable bonds is 2. The quantitative estimate of drug-likeness (QED) is 0.708. The summed E-state index contributed by atoms with van der Waals surface area (Å²) in [5.41, 5.74) is 4.95. The molecule has 0 atom stereocenters. The van der Waals surface area contributed by atoms with Crippen LogP contribution in [0.15, 0.2) is 18.2 Å². The molecule has 0 aliphatic heterocycles. The molecule has 0 aliphatic rings. The summed E-state index contributed by atoms with van der Waals surface area (Å²) in [4.78, 5) is 10.4. The van der Waals surface area contributed by atoms with Crippen molar-refractivity contribution in [3.63, 3.8) is 0 Å². The molecule has 0 saturated heterocycles. The van der Waals surface area contributed by atoms with E-state index >= 15 is 0 Å². The Bertz CT molecular complexity index is 312. The fraction of sp³-hybridized carbons (Fsp3) is 0.125. The third-order valence-electron chi connectivity index (χ3n) is 1.38. The van der Waals surface area contributed by atoms with Crippen molar-refractivity contribution < 1.29 is 13.6 Å². The van der Waals surface area contributed by atoms with Gasteiger partial charge in [-0.1, -0.05) is 6.07 Å². The van der Waals surface area contributed by atoms with Crippen molar-refractivity contribution in [2.45, 2.75) is 6.42 Å². The number of carbonyl (C=O) groups excluding carboxylic acids is 1. The lowest BCUT2D eigenvalue weighted by atomic mass is 10.1. The van der Waals surface area contributed by atoms with E-state index in [2.05, 4.69) is 0 Å². The minimum absolute atomic E-state index is 0.115. The second kappa shape index (κ2) is 3.30. The highest BCUT2D eigenvalue weighted by Crippen LogP contribution is 2.09. The van der Waals surface area contributed by atoms with E-state index in [0.717, 1.165) is 12.1 Å². The van der Waals surface area contributed by atoms with Gasteiger partial charge in [-0.15, -0.1) is 0 Å². The van der Waals surface area contributed by atoms with Gasteiger partial charge in [0.1, 0.15) is 11.6 Å². The highest BCUT2D eigenvalue weighted by molar-refractivity contribution is 5.76. The third-order valence-corrected chi connectivity index (χ3v) is 1.38. The second-order valence-electron chi connectivity index (χ2n) is 2.38. The molecule has 0 saturated carbocycles. The minimum Gasteiger partial charge on any atom is -0.369 e. The number of carbonyl (C=O) groups is 1. The van der Waals surface area contributed by atoms with Gasteiger partial charge in [-0.3, -0.25) is 4.79 Å². The molecule has 1 aromatic carbocycles. The Morgan fingerprint density at radius 3 is 2.58 bits per heavy atom. The fourth-order valence-corrected chi connectivity index (χ4v) is 0.853. The topological polar surface area (TPSA) is 43.1 Å². The van der Waals surface area contributed by atoms with E-state index in [-0.39, 0.29) is 12.0 Å². The van der Waals surface area contributed by atoms with Gasteiger partial charge in [-0.25, -0.2) is 8.78 Å². The first-order chi connectivity index (χ1) is 5.59. The van der Waals surface area contributed by atoms with E-state index in [1.165, 1.54) is 6.07 Å². The van der Waals surface area contributed by atoms with Gasteiger partial charge in [0, 0.05) is 6.07 Å². The molecular weight excluding hydrogens is 164 g/mol. The SMILES string of the molecule is NC(=O)Cc1ccc(F)cc1F. The van der Waals surface area contributed by atoms with Crippen molar-refractivity contribution in [1.82, 2.24) is 0 Å². The molecule has 0 unspecified atom stereocenters. The summed E-state index contributed by atoms with van der Waals surface area (Å²) in [6.07, 6.45) is -0.202. The zero-order chi connectivity index (χ0) is 9.14. The summed E-state index contributed by atoms with van der Waals surface area (Å²) >= 11 is 0. The number of hydrogen-bond donors (Lipinski definition) is 1. The molecule has 64 valence electrons. The lowest BCUT2D eigenvalue weighted by Gasteiger charge is -1.98. The van der Waals surface area contributed by atoms with Gasteiger partial charge < -0.3 is 5.73 Å². The summed E-state index contributed by atoms with van der Waals surface area (Å²) in [5.74, 6) is -2.05. The maximum Gasteiger partial charge on any atom is 0.221 e. The van der Waals surface area contributed by atoms with Crippen molar-refractivity contribution in [2.24, 2.45) is 5.73 Å². The zero-order valence-corrected chi connectivity index (χ0v) is 6.18. The zero-order valence-electron chi connectivity index (χ0n) is 6.18.